The first-order valence-electron chi connectivity index (χ1n) is 7.65. The average Bonchev–Trinajstić information content (AvgIpc) is 3.05. The second-order valence-corrected chi connectivity index (χ2v) is 5.55. The van der Waals surface area contributed by atoms with Crippen LogP contribution in [0.2, 0.25) is 0 Å². The van der Waals surface area contributed by atoms with E-state index in [1.807, 2.05) is 55.5 Å². The van der Waals surface area contributed by atoms with Crippen LogP contribution < -0.4 is 10.1 Å². The fraction of sp³-hybridized carbons (Fsp3) is 0.158. The fourth-order valence-electron chi connectivity index (χ4n) is 2.62. The molecule has 5 nitrogen and oxygen atoms in total. The summed E-state index contributed by atoms with van der Waals surface area (Å²) in [4.78, 5) is 27.7. The maximum Gasteiger partial charge on any atom is 0.292 e. The topological polar surface area (TPSA) is 71.2 Å². The van der Waals surface area contributed by atoms with Crippen molar-refractivity contribution in [3.8, 4) is 5.75 Å². The number of aromatic amines is 1. The summed E-state index contributed by atoms with van der Waals surface area (Å²) in [6.45, 7) is 1.84. The molecule has 1 atom stereocenters. The molecule has 1 heterocycles. The third-order valence-electron chi connectivity index (χ3n) is 4.00. The Morgan fingerprint density at radius 3 is 2.50 bits per heavy atom. The van der Waals surface area contributed by atoms with E-state index in [4.69, 9.17) is 4.74 Å². The van der Waals surface area contributed by atoms with Crippen molar-refractivity contribution in [2.24, 2.45) is 0 Å². The van der Waals surface area contributed by atoms with E-state index < -0.39 is 11.7 Å². The molecule has 2 N–H and O–H groups in total. The minimum absolute atomic E-state index is 0.280. The van der Waals surface area contributed by atoms with Crippen LogP contribution in [-0.4, -0.2) is 23.8 Å². The number of carbonyl (C=O) groups is 2. The van der Waals surface area contributed by atoms with Gasteiger partial charge in [-0.25, -0.2) is 0 Å². The Morgan fingerprint density at radius 1 is 1.08 bits per heavy atom. The molecule has 0 saturated carbocycles. The molecule has 3 rings (SSSR count). The van der Waals surface area contributed by atoms with Gasteiger partial charge in [0.2, 0.25) is 0 Å². The van der Waals surface area contributed by atoms with E-state index in [0.717, 1.165) is 22.2 Å². The molecule has 1 amide bonds. The highest BCUT2D eigenvalue weighted by atomic mass is 16.5. The second-order valence-electron chi connectivity index (χ2n) is 5.55. The van der Waals surface area contributed by atoms with E-state index in [9.17, 15) is 9.59 Å². The van der Waals surface area contributed by atoms with Gasteiger partial charge in [0.15, 0.2) is 0 Å². The molecule has 0 unspecified atom stereocenters. The van der Waals surface area contributed by atoms with Crippen LogP contribution in [0.4, 0.5) is 0 Å². The zero-order chi connectivity index (χ0) is 17.1. The molecule has 5 heteroatoms. The number of amides is 1. The molecule has 24 heavy (non-hydrogen) atoms. The summed E-state index contributed by atoms with van der Waals surface area (Å²) in [6, 6.07) is 14.5. The van der Waals surface area contributed by atoms with Crippen LogP contribution in [0.3, 0.4) is 0 Å². The van der Waals surface area contributed by atoms with Gasteiger partial charge >= 0.3 is 0 Å². The van der Waals surface area contributed by atoms with Crippen LogP contribution in [0.5, 0.6) is 5.75 Å². The van der Waals surface area contributed by atoms with Crippen molar-refractivity contribution in [2.45, 2.75) is 13.0 Å². The van der Waals surface area contributed by atoms with Crippen LogP contribution >= 0.6 is 0 Å². The summed E-state index contributed by atoms with van der Waals surface area (Å²) in [6.07, 6.45) is 1.57. The normalized spacial score (nSPS) is 11.9. The zero-order valence-corrected chi connectivity index (χ0v) is 13.5. The van der Waals surface area contributed by atoms with Crippen molar-refractivity contribution < 1.29 is 14.3 Å². The predicted molar refractivity (Wildman–Crippen MR) is 92.2 cm³/mol. The molecule has 0 aliphatic carbocycles. The number of hydrogen-bond acceptors (Lipinski definition) is 3. The first-order chi connectivity index (χ1) is 11.6. The summed E-state index contributed by atoms with van der Waals surface area (Å²) in [5.41, 5.74) is 2.11. The summed E-state index contributed by atoms with van der Waals surface area (Å²) in [5.74, 6) is -0.428. The molecule has 2 aromatic carbocycles. The number of aromatic nitrogens is 1. The van der Waals surface area contributed by atoms with Gasteiger partial charge < -0.3 is 15.0 Å². The van der Waals surface area contributed by atoms with Gasteiger partial charge in [0, 0.05) is 17.1 Å². The van der Waals surface area contributed by atoms with Crippen molar-refractivity contribution in [1.29, 1.82) is 0 Å². The quantitative estimate of drug-likeness (QED) is 0.559. The van der Waals surface area contributed by atoms with Crippen LogP contribution in [0.1, 0.15) is 28.9 Å². The lowest BCUT2D eigenvalue weighted by molar-refractivity contribution is -0.117. The molecule has 0 saturated heterocycles. The summed E-state index contributed by atoms with van der Waals surface area (Å²) < 4.78 is 5.11. The fourth-order valence-corrected chi connectivity index (χ4v) is 2.62. The minimum atomic E-state index is -0.622. The molecule has 122 valence electrons. The molecule has 0 bridgehead atoms. The van der Waals surface area contributed by atoms with Crippen LogP contribution in [0, 0.1) is 0 Å². The third-order valence-corrected chi connectivity index (χ3v) is 4.00. The Kier molecular flexibility index (Phi) is 4.33. The second kappa shape index (κ2) is 6.58. The van der Waals surface area contributed by atoms with E-state index >= 15 is 0 Å². The molecule has 0 spiro atoms. The largest absolute Gasteiger partial charge is 0.497 e. The lowest BCUT2D eigenvalue weighted by atomic mass is 10.1. The van der Waals surface area contributed by atoms with Crippen molar-refractivity contribution in [1.82, 2.24) is 10.3 Å². The van der Waals surface area contributed by atoms with E-state index in [1.54, 1.807) is 13.3 Å². The summed E-state index contributed by atoms with van der Waals surface area (Å²) in [7, 11) is 1.60. The maximum absolute atomic E-state index is 12.4. The number of Topliss-reactive ketones (excluding diaryl/α,β-unsaturated/α-hetero) is 1. The SMILES string of the molecule is COc1ccc([C@@H](C)NC(=O)C(=O)c2c[nH]c3ccccc23)cc1. The zero-order valence-electron chi connectivity index (χ0n) is 13.5. The Hall–Kier alpha value is -3.08. The molecule has 0 aliphatic heterocycles. The first kappa shape index (κ1) is 15.8. The van der Waals surface area contributed by atoms with Crippen LogP contribution in [0.25, 0.3) is 10.9 Å². The molecule has 0 fully saturated rings. The minimum Gasteiger partial charge on any atom is -0.497 e. The van der Waals surface area contributed by atoms with E-state index in [0.29, 0.717) is 5.56 Å². The Bertz CT molecular complexity index is 881. The van der Waals surface area contributed by atoms with Crippen LogP contribution in [0.15, 0.2) is 54.7 Å². The Morgan fingerprint density at radius 2 is 1.79 bits per heavy atom. The molecular weight excluding hydrogens is 304 g/mol. The molecule has 3 aromatic rings. The molecule has 0 aliphatic rings. The number of ether oxygens (including phenoxy) is 1. The lowest BCUT2D eigenvalue weighted by Crippen LogP contribution is -2.33. The highest BCUT2D eigenvalue weighted by molar-refractivity contribution is 6.45. The van der Waals surface area contributed by atoms with Crippen molar-refractivity contribution in [3.05, 3.63) is 65.9 Å². The Balaban J connectivity index is 1.75. The Labute approximate surface area is 139 Å². The predicted octanol–water partition coefficient (Wildman–Crippen LogP) is 3.24. The average molecular weight is 322 g/mol. The van der Waals surface area contributed by atoms with Gasteiger partial charge in [-0.15, -0.1) is 0 Å². The molecule has 0 radical (unpaired) electrons. The smallest absolute Gasteiger partial charge is 0.292 e. The van der Waals surface area contributed by atoms with Gasteiger partial charge in [-0.1, -0.05) is 30.3 Å². The summed E-state index contributed by atoms with van der Waals surface area (Å²) >= 11 is 0. The summed E-state index contributed by atoms with van der Waals surface area (Å²) in [5, 5.41) is 3.49. The number of H-pyrrole nitrogens is 1. The number of benzene rings is 2. The van der Waals surface area contributed by atoms with Gasteiger partial charge in [-0.2, -0.15) is 0 Å². The van der Waals surface area contributed by atoms with Crippen molar-refractivity contribution in [3.63, 3.8) is 0 Å². The number of ketones is 1. The highest BCUT2D eigenvalue weighted by Crippen LogP contribution is 2.20. The number of hydrogen-bond donors (Lipinski definition) is 2. The van der Waals surface area contributed by atoms with E-state index in [1.165, 1.54) is 0 Å². The van der Waals surface area contributed by atoms with E-state index in [2.05, 4.69) is 10.3 Å². The van der Waals surface area contributed by atoms with Gasteiger partial charge in [0.25, 0.3) is 11.7 Å². The van der Waals surface area contributed by atoms with Gasteiger partial charge in [0.1, 0.15) is 5.75 Å². The first-order valence-corrected chi connectivity index (χ1v) is 7.65. The van der Waals surface area contributed by atoms with E-state index in [-0.39, 0.29) is 6.04 Å². The molecular formula is C19H18N2O3. The number of para-hydroxylation sites is 1. The number of rotatable bonds is 5. The number of fused-ring (bicyclic) bond motifs is 1. The van der Waals surface area contributed by atoms with Crippen LogP contribution in [-0.2, 0) is 4.79 Å². The molecule has 1 aromatic heterocycles. The number of methoxy groups -OCH3 is 1. The van der Waals surface area contributed by atoms with Gasteiger partial charge in [-0.3, -0.25) is 9.59 Å². The highest BCUT2D eigenvalue weighted by Gasteiger charge is 2.21. The van der Waals surface area contributed by atoms with Crippen molar-refractivity contribution >= 4 is 22.6 Å². The van der Waals surface area contributed by atoms with Crippen molar-refractivity contribution in [2.75, 3.05) is 7.11 Å². The number of nitrogens with one attached hydrogen (secondary N) is 2. The third kappa shape index (κ3) is 3.01. The van der Waals surface area contributed by atoms with Gasteiger partial charge in [0.05, 0.1) is 18.7 Å². The van der Waals surface area contributed by atoms with Gasteiger partial charge in [-0.05, 0) is 30.7 Å². The lowest BCUT2D eigenvalue weighted by Gasteiger charge is -2.14. The maximum atomic E-state index is 12.4. The monoisotopic (exact) mass is 322 g/mol. The number of carbonyl (C=O) groups excluding carboxylic acids is 2. The standard InChI is InChI=1S/C19H18N2O3/c1-12(13-7-9-14(24-2)10-8-13)21-19(23)18(22)16-11-20-17-6-4-3-5-15(16)17/h3-12,20H,1-2H3,(H,21,23)/t12-/m1/s1.